The lowest BCUT2D eigenvalue weighted by Crippen LogP contribution is -2.28. The molecule has 174 valence electrons. The van der Waals surface area contributed by atoms with E-state index >= 15 is 0 Å². The minimum atomic E-state index is -4.52. The van der Waals surface area contributed by atoms with Crippen LogP contribution in [0.2, 0.25) is 0 Å². The third-order valence-electron chi connectivity index (χ3n) is 6.30. The van der Waals surface area contributed by atoms with E-state index in [-0.39, 0.29) is 17.5 Å². The smallest absolute Gasteiger partial charge is 0.252 e. The van der Waals surface area contributed by atoms with E-state index in [1.54, 1.807) is 0 Å². The van der Waals surface area contributed by atoms with Gasteiger partial charge in [0.15, 0.2) is 6.07 Å². The molecule has 4 rings (SSSR count). The number of rotatable bonds is 3. The Morgan fingerprint density at radius 1 is 0.882 bits per heavy atom. The van der Waals surface area contributed by atoms with Crippen molar-refractivity contribution in [3.05, 3.63) is 76.5 Å². The normalized spacial score (nSPS) is 21.2. The van der Waals surface area contributed by atoms with Crippen molar-refractivity contribution in [1.82, 2.24) is 0 Å². The average molecular weight is 475 g/mol. The van der Waals surface area contributed by atoms with E-state index in [0.717, 1.165) is 24.3 Å². The van der Waals surface area contributed by atoms with Gasteiger partial charge in [-0.3, -0.25) is 5.41 Å². The third-order valence-corrected chi connectivity index (χ3v) is 6.30. The molecule has 0 bridgehead atoms. The Morgan fingerprint density at radius 2 is 1.35 bits per heavy atom. The molecule has 2 atom stereocenters. The molecule has 0 aromatic heterocycles. The second kappa shape index (κ2) is 7.67. The number of nitrogens with zero attached hydrogens (tertiary/aromatic N) is 3. The molecule has 1 aliphatic carbocycles. The van der Waals surface area contributed by atoms with Crippen LogP contribution in [0, 0.1) is 34.0 Å². The summed E-state index contributed by atoms with van der Waals surface area (Å²) in [6, 6.07) is 10.7. The molecule has 34 heavy (non-hydrogen) atoms. The van der Waals surface area contributed by atoms with Crippen LogP contribution in [-0.4, -0.2) is 22.0 Å². The van der Waals surface area contributed by atoms with Crippen LogP contribution in [-0.2, 0) is 12.4 Å². The van der Waals surface area contributed by atoms with E-state index in [2.05, 4.69) is 5.10 Å². The van der Waals surface area contributed by atoms with Crippen LogP contribution in [0.15, 0.2) is 59.3 Å². The Balaban J connectivity index is 1.90. The number of benzene rings is 2. The van der Waals surface area contributed by atoms with Gasteiger partial charge in [-0.2, -0.15) is 31.6 Å². The van der Waals surface area contributed by atoms with Gasteiger partial charge >= 0.3 is 18.0 Å². The maximum Gasteiger partial charge on any atom is 0.416 e. The fourth-order valence-corrected chi connectivity index (χ4v) is 4.51. The zero-order valence-electron chi connectivity index (χ0n) is 17.9. The molecule has 1 aliphatic heterocycles. The highest BCUT2D eigenvalue weighted by Gasteiger charge is 2.68. The molecule has 0 amide bonds. The topological polar surface area (TPSA) is 63.0 Å². The lowest BCUT2D eigenvalue weighted by molar-refractivity contribution is -0.476. The van der Waals surface area contributed by atoms with Crippen molar-refractivity contribution in [2.75, 3.05) is 0 Å². The molecule has 1 heterocycles. The third kappa shape index (κ3) is 3.82. The first-order valence-electron chi connectivity index (χ1n) is 10.1. The van der Waals surface area contributed by atoms with Crippen LogP contribution in [0.25, 0.3) is 0 Å². The van der Waals surface area contributed by atoms with Gasteiger partial charge in [0.2, 0.25) is 5.71 Å². The first kappa shape index (κ1) is 23.5. The number of hydrazone groups is 1. The molecule has 2 aromatic rings. The summed E-state index contributed by atoms with van der Waals surface area (Å²) in [6.45, 7) is 3.82. The minimum Gasteiger partial charge on any atom is -0.252 e. The summed E-state index contributed by atoms with van der Waals surface area (Å²) in [5.41, 5.74) is -0.692. The molecule has 0 unspecified atom stereocenters. The Kier molecular flexibility index (Phi) is 5.29. The number of fused-ring (bicyclic) bond motifs is 1. The minimum absolute atomic E-state index is 0.247. The molecule has 0 spiro atoms. The summed E-state index contributed by atoms with van der Waals surface area (Å²) in [5.74, 6) is 1.46. The zero-order chi connectivity index (χ0) is 25.1. The SMILES string of the molecule is CC1(C)[C@@H]2C(c3ccc(C(F)(F)F)cc3)=N[N+](C(=C=N)C#N)=C(c3ccc(C(F)(F)F)cc3)[C@@H]21. The molecule has 1 N–H and O–H groups in total. The molecule has 1 fully saturated rings. The molecule has 10 heteroatoms. The highest BCUT2D eigenvalue weighted by atomic mass is 19.4. The van der Waals surface area contributed by atoms with E-state index in [4.69, 9.17) is 5.41 Å². The average Bonchev–Trinajstić information content (AvgIpc) is 3.35. The number of allylic oxidation sites excluding steroid dienone is 1. The van der Waals surface area contributed by atoms with Crippen molar-refractivity contribution in [3.63, 3.8) is 0 Å². The van der Waals surface area contributed by atoms with E-state index in [1.807, 2.05) is 25.8 Å². The van der Waals surface area contributed by atoms with Crippen LogP contribution in [0.3, 0.4) is 0 Å². The highest BCUT2D eigenvalue weighted by molar-refractivity contribution is 6.13. The van der Waals surface area contributed by atoms with Gasteiger partial charge in [0, 0.05) is 22.1 Å². The van der Waals surface area contributed by atoms with Crippen LogP contribution in [0.1, 0.15) is 36.1 Å². The van der Waals surface area contributed by atoms with E-state index in [0.29, 0.717) is 22.6 Å². The Morgan fingerprint density at radius 3 is 1.76 bits per heavy atom. The number of nitrogens with one attached hydrogen (secondary N) is 1. The van der Waals surface area contributed by atoms with Crippen LogP contribution < -0.4 is 0 Å². The van der Waals surface area contributed by atoms with E-state index in [9.17, 15) is 31.6 Å². The van der Waals surface area contributed by atoms with E-state index < -0.39 is 28.9 Å². The highest BCUT2D eigenvalue weighted by Crippen LogP contribution is 2.62. The Hall–Kier alpha value is -3.70. The fraction of sp³-hybridized carbons (Fsp3) is 0.292. The molecule has 0 saturated heterocycles. The van der Waals surface area contributed by atoms with Gasteiger partial charge in [-0.25, -0.2) is 0 Å². The quantitative estimate of drug-likeness (QED) is 0.257. The van der Waals surface area contributed by atoms with Gasteiger partial charge < -0.3 is 0 Å². The van der Waals surface area contributed by atoms with Gasteiger partial charge in [0.25, 0.3) is 0 Å². The van der Waals surface area contributed by atoms with Crippen molar-refractivity contribution in [2.24, 2.45) is 22.4 Å². The van der Waals surface area contributed by atoms with E-state index in [1.165, 1.54) is 28.9 Å². The number of hydrogen-bond acceptors (Lipinski definition) is 3. The van der Waals surface area contributed by atoms with Gasteiger partial charge in [0.05, 0.1) is 22.9 Å². The van der Waals surface area contributed by atoms with Crippen molar-refractivity contribution >= 4 is 17.3 Å². The molecule has 1 saturated carbocycles. The summed E-state index contributed by atoms with van der Waals surface area (Å²) >= 11 is 0. The number of nitriles is 1. The summed E-state index contributed by atoms with van der Waals surface area (Å²) in [4.78, 5) is 0. The first-order chi connectivity index (χ1) is 15.8. The molecule has 2 aromatic carbocycles. The summed E-state index contributed by atoms with van der Waals surface area (Å²) in [6.07, 6.45) is -9.02. The fourth-order valence-electron chi connectivity index (χ4n) is 4.51. The number of halogens is 6. The summed E-state index contributed by atoms with van der Waals surface area (Å²) in [5, 5.41) is 21.5. The van der Waals surface area contributed by atoms with Gasteiger partial charge in [-0.05, 0) is 46.5 Å². The Bertz CT molecular complexity index is 1300. The molecular weight excluding hydrogens is 458 g/mol. The first-order valence-corrected chi connectivity index (χ1v) is 10.1. The molecular formula is C24H17F6N4+. The van der Waals surface area contributed by atoms with Gasteiger partial charge in [0.1, 0.15) is 5.71 Å². The van der Waals surface area contributed by atoms with Gasteiger partial charge in [-0.1, -0.05) is 26.0 Å². The summed E-state index contributed by atoms with van der Waals surface area (Å²) < 4.78 is 79.2. The number of alkyl halides is 6. The monoisotopic (exact) mass is 475 g/mol. The van der Waals surface area contributed by atoms with Gasteiger partial charge in [-0.15, -0.1) is 0 Å². The molecule has 0 radical (unpaired) electrons. The molecule has 2 aliphatic rings. The molecule has 4 nitrogen and oxygen atoms in total. The predicted molar refractivity (Wildman–Crippen MR) is 111 cm³/mol. The lowest BCUT2D eigenvalue weighted by Gasteiger charge is -2.13. The Labute approximate surface area is 190 Å². The van der Waals surface area contributed by atoms with Crippen LogP contribution >= 0.6 is 0 Å². The van der Waals surface area contributed by atoms with Crippen molar-refractivity contribution in [3.8, 4) is 6.07 Å². The maximum atomic E-state index is 13.0. The predicted octanol–water partition coefficient (Wildman–Crippen LogP) is 5.87. The number of hydrogen-bond donors (Lipinski definition) is 1. The summed E-state index contributed by atoms with van der Waals surface area (Å²) in [7, 11) is 0. The lowest BCUT2D eigenvalue weighted by atomic mass is 9.97. The largest absolute Gasteiger partial charge is 0.416 e. The second-order valence-electron chi connectivity index (χ2n) is 8.69. The second-order valence-corrected chi connectivity index (χ2v) is 8.69. The zero-order valence-corrected chi connectivity index (χ0v) is 17.9. The van der Waals surface area contributed by atoms with Crippen LogP contribution in [0.5, 0.6) is 0 Å². The maximum absolute atomic E-state index is 13.0. The standard InChI is InChI=1S/C24H17F6N4/c1-22(2)18-19(22)21(14-5-9-16(10-6-14)24(28,29)30)34(17(11-31)12-32)33-20(18)13-3-7-15(8-4-13)23(25,26)27/h3-10,18-19,31H,1-2H3/q+1/t18-,19+/m0/s1. The van der Waals surface area contributed by atoms with Crippen LogP contribution in [0.4, 0.5) is 26.3 Å². The van der Waals surface area contributed by atoms with Crippen molar-refractivity contribution < 1.29 is 31.0 Å². The van der Waals surface area contributed by atoms with Crippen molar-refractivity contribution in [1.29, 1.82) is 10.7 Å². The van der Waals surface area contributed by atoms with Crippen molar-refractivity contribution in [2.45, 2.75) is 26.2 Å².